The third-order valence-electron chi connectivity index (χ3n) is 2.67. The van der Waals surface area contributed by atoms with Crippen molar-refractivity contribution in [3.63, 3.8) is 0 Å². The molecule has 9 nitrogen and oxygen atoms in total. The van der Waals surface area contributed by atoms with E-state index in [-0.39, 0.29) is 12.3 Å². The van der Waals surface area contributed by atoms with Gasteiger partial charge in [0.25, 0.3) is 0 Å². The van der Waals surface area contributed by atoms with Gasteiger partial charge in [0.15, 0.2) is 0 Å². The van der Waals surface area contributed by atoms with Crippen LogP contribution < -0.4 is 16.0 Å². The Morgan fingerprint density at radius 3 is 2.62 bits per heavy atom. The van der Waals surface area contributed by atoms with Crippen LogP contribution in [0.1, 0.15) is 19.5 Å². The number of hydrogen-bond donors (Lipinski definition) is 5. The molecule has 0 saturated heterocycles. The predicted octanol–water partition coefficient (Wildman–Crippen LogP) is -0.771. The van der Waals surface area contributed by atoms with E-state index in [1.165, 1.54) is 19.4 Å². The summed E-state index contributed by atoms with van der Waals surface area (Å²) in [5.41, 5.74) is 0.583. The molecule has 0 aromatic carbocycles. The molecule has 1 heterocycles. The summed E-state index contributed by atoms with van der Waals surface area (Å²) in [6, 6.07) is -2.60. The van der Waals surface area contributed by atoms with E-state index in [2.05, 4.69) is 25.9 Å². The average molecular weight is 297 g/mol. The van der Waals surface area contributed by atoms with Crippen LogP contribution in [0.25, 0.3) is 0 Å². The van der Waals surface area contributed by atoms with Gasteiger partial charge in [-0.15, -0.1) is 0 Å². The molecular weight excluding hydrogens is 278 g/mol. The number of nitrogens with one attached hydrogen (secondary N) is 4. The maximum absolute atomic E-state index is 11.7. The number of H-pyrrole nitrogens is 1. The normalized spacial score (nSPS) is 13.0. The summed E-state index contributed by atoms with van der Waals surface area (Å²) in [4.78, 5) is 40.8. The Hall–Kier alpha value is -2.58. The van der Waals surface area contributed by atoms with E-state index in [1.54, 1.807) is 6.92 Å². The van der Waals surface area contributed by atoms with Crippen LogP contribution in [0.4, 0.5) is 4.79 Å². The minimum Gasteiger partial charge on any atom is -0.480 e. The van der Waals surface area contributed by atoms with Crippen molar-refractivity contribution in [3.05, 3.63) is 18.2 Å². The van der Waals surface area contributed by atoms with Gasteiger partial charge in [0, 0.05) is 24.9 Å². The van der Waals surface area contributed by atoms with Gasteiger partial charge in [-0.2, -0.15) is 0 Å². The number of imidazole rings is 1. The van der Waals surface area contributed by atoms with Gasteiger partial charge in [-0.05, 0) is 13.8 Å². The molecule has 1 aromatic rings. The van der Waals surface area contributed by atoms with Crippen LogP contribution in [-0.2, 0) is 16.0 Å². The van der Waals surface area contributed by atoms with E-state index in [9.17, 15) is 14.4 Å². The van der Waals surface area contributed by atoms with Crippen LogP contribution in [0.5, 0.6) is 0 Å². The quantitative estimate of drug-likeness (QED) is 0.450. The first-order chi connectivity index (χ1) is 9.93. The van der Waals surface area contributed by atoms with Crippen molar-refractivity contribution < 1.29 is 19.5 Å². The minimum absolute atomic E-state index is 0.0677. The maximum atomic E-state index is 11.7. The molecule has 0 fully saturated rings. The third-order valence-corrected chi connectivity index (χ3v) is 2.67. The van der Waals surface area contributed by atoms with E-state index in [1.807, 2.05) is 0 Å². The topological polar surface area (TPSA) is 136 Å². The molecular formula is C12H19N5O4. The molecule has 0 spiro atoms. The van der Waals surface area contributed by atoms with Crippen molar-refractivity contribution >= 4 is 17.9 Å². The summed E-state index contributed by atoms with van der Waals surface area (Å²) in [5, 5.41) is 16.3. The summed E-state index contributed by atoms with van der Waals surface area (Å²) in [6.45, 7) is 3.72. The second-order valence-corrected chi connectivity index (χ2v) is 4.41. The molecule has 21 heavy (non-hydrogen) atoms. The first-order valence-electron chi connectivity index (χ1n) is 6.48. The predicted molar refractivity (Wildman–Crippen MR) is 73.5 cm³/mol. The van der Waals surface area contributed by atoms with Crippen molar-refractivity contribution in [2.24, 2.45) is 0 Å². The second kappa shape index (κ2) is 7.88. The molecule has 0 aliphatic rings. The number of carboxylic acid groups (broad SMARTS) is 1. The van der Waals surface area contributed by atoms with Crippen molar-refractivity contribution in [1.29, 1.82) is 0 Å². The first kappa shape index (κ1) is 16.5. The Labute approximate surface area is 121 Å². The highest BCUT2D eigenvalue weighted by molar-refractivity contribution is 5.88. The zero-order valence-corrected chi connectivity index (χ0v) is 11.8. The number of urea groups is 1. The van der Waals surface area contributed by atoms with E-state index in [0.29, 0.717) is 12.2 Å². The Bertz CT molecular complexity index is 488. The number of carbonyl (C=O) groups excluding carboxylic acids is 2. The lowest BCUT2D eigenvalue weighted by molar-refractivity contribution is -0.139. The summed E-state index contributed by atoms with van der Waals surface area (Å²) >= 11 is 0. The number of aromatic amines is 1. The highest BCUT2D eigenvalue weighted by atomic mass is 16.4. The lowest BCUT2D eigenvalue weighted by Crippen LogP contribution is -2.52. The molecule has 116 valence electrons. The maximum Gasteiger partial charge on any atom is 0.326 e. The number of hydrogen-bond acceptors (Lipinski definition) is 4. The van der Waals surface area contributed by atoms with Crippen LogP contribution in [0.3, 0.4) is 0 Å². The van der Waals surface area contributed by atoms with E-state index < -0.39 is 24.1 Å². The minimum atomic E-state index is -1.18. The molecule has 1 aromatic heterocycles. The van der Waals surface area contributed by atoms with E-state index in [4.69, 9.17) is 5.11 Å². The lowest BCUT2D eigenvalue weighted by Gasteiger charge is -2.17. The van der Waals surface area contributed by atoms with Gasteiger partial charge in [-0.1, -0.05) is 0 Å². The number of likely N-dealkylation sites (N-methyl/N-ethyl adjacent to an activating group) is 1. The first-order valence-corrected chi connectivity index (χ1v) is 6.48. The molecule has 0 aliphatic carbocycles. The fourth-order valence-electron chi connectivity index (χ4n) is 1.61. The number of carbonyl (C=O) groups is 3. The van der Waals surface area contributed by atoms with E-state index in [0.717, 1.165) is 0 Å². The van der Waals surface area contributed by atoms with Crippen LogP contribution >= 0.6 is 0 Å². The van der Waals surface area contributed by atoms with Crippen LogP contribution in [0, 0.1) is 0 Å². The van der Waals surface area contributed by atoms with Crippen molar-refractivity contribution in [1.82, 2.24) is 25.9 Å². The zero-order valence-electron chi connectivity index (χ0n) is 11.8. The van der Waals surface area contributed by atoms with Gasteiger partial charge < -0.3 is 26.0 Å². The standard InChI is InChI=1S/C12H19N5O4/c1-3-14-10(18)7(2)16-12(21)17-9(11(19)20)4-8-5-13-6-15-8/h5-7,9H,3-4H2,1-2H3,(H,13,15)(H,14,18)(H,19,20)(H2,16,17,21)/t7?,9-/m0/s1. The molecule has 0 saturated carbocycles. The molecule has 0 radical (unpaired) electrons. The largest absolute Gasteiger partial charge is 0.480 e. The average Bonchev–Trinajstić information content (AvgIpc) is 2.90. The van der Waals surface area contributed by atoms with E-state index >= 15 is 0 Å². The SMILES string of the molecule is CCNC(=O)C(C)NC(=O)N[C@@H](Cc1cnc[nH]1)C(=O)O. The molecule has 0 aliphatic heterocycles. The Balaban J connectivity index is 2.53. The van der Waals surface area contributed by atoms with Gasteiger partial charge in [0.05, 0.1) is 6.33 Å². The van der Waals surface area contributed by atoms with Gasteiger partial charge in [-0.25, -0.2) is 14.6 Å². The third kappa shape index (κ3) is 5.51. The Morgan fingerprint density at radius 2 is 2.10 bits per heavy atom. The number of rotatable bonds is 7. The highest BCUT2D eigenvalue weighted by Gasteiger charge is 2.22. The molecule has 2 atom stereocenters. The molecule has 9 heteroatoms. The van der Waals surface area contributed by atoms with Crippen molar-refractivity contribution in [2.75, 3.05) is 6.54 Å². The zero-order chi connectivity index (χ0) is 15.8. The number of nitrogens with zero attached hydrogens (tertiary/aromatic N) is 1. The molecule has 0 bridgehead atoms. The van der Waals surface area contributed by atoms with Gasteiger partial charge >= 0.3 is 12.0 Å². The number of aliphatic carboxylic acids is 1. The van der Waals surface area contributed by atoms with Gasteiger partial charge in [0.2, 0.25) is 5.91 Å². The summed E-state index contributed by atoms with van der Waals surface area (Å²) < 4.78 is 0. The summed E-state index contributed by atoms with van der Waals surface area (Å²) in [7, 11) is 0. The molecule has 3 amide bonds. The number of aromatic nitrogens is 2. The smallest absolute Gasteiger partial charge is 0.326 e. The fourth-order valence-corrected chi connectivity index (χ4v) is 1.61. The van der Waals surface area contributed by atoms with Gasteiger partial charge in [-0.3, -0.25) is 4.79 Å². The van der Waals surface area contributed by atoms with Crippen LogP contribution in [0.2, 0.25) is 0 Å². The van der Waals surface area contributed by atoms with Crippen molar-refractivity contribution in [3.8, 4) is 0 Å². The highest BCUT2D eigenvalue weighted by Crippen LogP contribution is 1.99. The molecule has 1 unspecified atom stereocenters. The Morgan fingerprint density at radius 1 is 1.38 bits per heavy atom. The molecule has 1 rings (SSSR count). The summed E-state index contributed by atoms with van der Waals surface area (Å²) in [5.74, 6) is -1.52. The fraction of sp³-hybridized carbons (Fsp3) is 0.500. The van der Waals surface area contributed by atoms with Crippen molar-refractivity contribution in [2.45, 2.75) is 32.4 Å². The number of amides is 3. The molecule has 5 N–H and O–H groups in total. The monoisotopic (exact) mass is 297 g/mol. The lowest BCUT2D eigenvalue weighted by atomic mass is 10.1. The summed E-state index contributed by atoms with van der Waals surface area (Å²) in [6.07, 6.45) is 2.97. The van der Waals surface area contributed by atoms with Crippen LogP contribution in [0.15, 0.2) is 12.5 Å². The Kier molecular flexibility index (Phi) is 6.18. The van der Waals surface area contributed by atoms with Crippen LogP contribution in [-0.4, -0.2) is 51.6 Å². The second-order valence-electron chi connectivity index (χ2n) is 4.41. The number of carboxylic acids is 1. The van der Waals surface area contributed by atoms with Gasteiger partial charge in [0.1, 0.15) is 12.1 Å².